The fraction of sp³-hybridized carbons (Fsp3) is 0.200. The molecule has 0 amide bonds. The summed E-state index contributed by atoms with van der Waals surface area (Å²) in [5, 5.41) is 8.75. The van der Waals surface area contributed by atoms with Crippen LogP contribution in [0.2, 0.25) is 0 Å². The Kier molecular flexibility index (Phi) is 3.20. The van der Waals surface area contributed by atoms with Crippen LogP contribution in [0.1, 0.15) is 18.9 Å². The van der Waals surface area contributed by atoms with Crippen LogP contribution in [0, 0.1) is 0 Å². The quantitative estimate of drug-likeness (QED) is 0.718. The average molecular weight is 177 g/mol. The van der Waals surface area contributed by atoms with Crippen molar-refractivity contribution < 1.29 is 9.90 Å². The van der Waals surface area contributed by atoms with Crippen LogP contribution in [0.4, 0.5) is 0 Å². The minimum Gasteiger partial charge on any atom is -0.478 e. The molecule has 0 aliphatic carbocycles. The van der Waals surface area contributed by atoms with Crippen LogP contribution in [0.25, 0.3) is 6.08 Å². The number of aliphatic carboxylic acids is 1. The summed E-state index contributed by atoms with van der Waals surface area (Å²) in [5.41, 5.74) is 1.22. The van der Waals surface area contributed by atoms with Crippen LogP contribution < -0.4 is 0 Å². The molecule has 1 N–H and O–H groups in total. The normalized spacial score (nSPS) is 11.3. The Morgan fingerprint density at radius 3 is 2.92 bits per heavy atom. The van der Waals surface area contributed by atoms with E-state index in [1.807, 2.05) is 13.0 Å². The minimum atomic E-state index is -0.869. The van der Waals surface area contributed by atoms with Gasteiger partial charge in [0.15, 0.2) is 0 Å². The van der Waals surface area contributed by atoms with Gasteiger partial charge in [0.25, 0.3) is 0 Å². The van der Waals surface area contributed by atoms with Gasteiger partial charge in [-0.1, -0.05) is 13.0 Å². The van der Waals surface area contributed by atoms with Crippen molar-refractivity contribution in [1.82, 2.24) is 4.98 Å². The fourth-order valence-corrected chi connectivity index (χ4v) is 0.978. The summed E-state index contributed by atoms with van der Waals surface area (Å²) >= 11 is 0. The molecule has 0 bridgehead atoms. The second-order valence-electron chi connectivity index (χ2n) is 2.61. The molecule has 3 nitrogen and oxygen atoms in total. The Morgan fingerprint density at radius 2 is 2.46 bits per heavy atom. The number of pyridine rings is 1. The van der Waals surface area contributed by atoms with Crippen molar-refractivity contribution in [2.75, 3.05) is 0 Å². The first kappa shape index (κ1) is 9.45. The first-order valence-electron chi connectivity index (χ1n) is 4.08. The maximum absolute atomic E-state index is 10.6. The van der Waals surface area contributed by atoms with Crippen molar-refractivity contribution in [1.29, 1.82) is 0 Å². The molecule has 0 aliphatic rings. The molecule has 0 aliphatic heterocycles. The lowest BCUT2D eigenvalue weighted by Crippen LogP contribution is -1.98. The lowest BCUT2D eigenvalue weighted by Gasteiger charge is -1.97. The third kappa shape index (κ3) is 2.71. The smallest absolute Gasteiger partial charge is 0.331 e. The molecule has 0 radical (unpaired) electrons. The summed E-state index contributed by atoms with van der Waals surface area (Å²) in [5.74, 6) is -0.869. The Bertz CT molecular complexity index is 317. The van der Waals surface area contributed by atoms with Gasteiger partial charge in [0.1, 0.15) is 0 Å². The number of carboxylic acid groups (broad SMARTS) is 1. The molecule has 0 unspecified atom stereocenters. The zero-order valence-corrected chi connectivity index (χ0v) is 7.40. The standard InChI is InChI=1S/C10H11NO2/c1-2-9(10(12)13)6-8-4-3-5-11-7-8/h3-7H,2H2,1H3,(H,12,13)/b9-6+. The highest BCUT2D eigenvalue weighted by molar-refractivity contribution is 5.91. The van der Waals surface area contributed by atoms with Crippen molar-refractivity contribution in [3.05, 3.63) is 35.7 Å². The van der Waals surface area contributed by atoms with Gasteiger partial charge < -0.3 is 5.11 Å². The molecule has 0 atom stereocenters. The van der Waals surface area contributed by atoms with Crippen LogP contribution in [-0.4, -0.2) is 16.1 Å². The number of carboxylic acids is 1. The van der Waals surface area contributed by atoms with Gasteiger partial charge in [-0.3, -0.25) is 4.98 Å². The predicted octanol–water partition coefficient (Wildman–Crippen LogP) is 1.96. The van der Waals surface area contributed by atoms with E-state index in [1.165, 1.54) is 0 Å². The lowest BCUT2D eigenvalue weighted by atomic mass is 10.1. The summed E-state index contributed by atoms with van der Waals surface area (Å²) in [4.78, 5) is 14.5. The number of hydrogen-bond donors (Lipinski definition) is 1. The fourth-order valence-electron chi connectivity index (χ4n) is 0.978. The van der Waals surface area contributed by atoms with Gasteiger partial charge in [-0.25, -0.2) is 4.79 Å². The van der Waals surface area contributed by atoms with Gasteiger partial charge in [0.2, 0.25) is 0 Å². The minimum absolute atomic E-state index is 0.396. The Balaban J connectivity index is 2.92. The van der Waals surface area contributed by atoms with Gasteiger partial charge in [0.05, 0.1) is 0 Å². The molecular formula is C10H11NO2. The molecule has 0 saturated carbocycles. The summed E-state index contributed by atoms with van der Waals surface area (Å²) < 4.78 is 0. The van der Waals surface area contributed by atoms with Crippen molar-refractivity contribution in [3.8, 4) is 0 Å². The largest absolute Gasteiger partial charge is 0.478 e. The highest BCUT2D eigenvalue weighted by Gasteiger charge is 2.03. The molecule has 1 aromatic heterocycles. The molecule has 0 saturated heterocycles. The van der Waals surface area contributed by atoms with Gasteiger partial charge in [-0.05, 0) is 24.1 Å². The van der Waals surface area contributed by atoms with E-state index < -0.39 is 5.97 Å². The van der Waals surface area contributed by atoms with Gasteiger partial charge >= 0.3 is 5.97 Å². The summed E-state index contributed by atoms with van der Waals surface area (Å²) in [7, 11) is 0. The molecular weight excluding hydrogens is 166 g/mol. The van der Waals surface area contributed by atoms with E-state index in [9.17, 15) is 4.79 Å². The van der Waals surface area contributed by atoms with E-state index in [1.54, 1.807) is 24.5 Å². The molecule has 0 fully saturated rings. The van der Waals surface area contributed by atoms with E-state index in [0.717, 1.165) is 5.56 Å². The van der Waals surface area contributed by atoms with Gasteiger partial charge in [0, 0.05) is 18.0 Å². The number of carbonyl (C=O) groups is 1. The first-order chi connectivity index (χ1) is 6.24. The zero-order valence-electron chi connectivity index (χ0n) is 7.40. The molecule has 13 heavy (non-hydrogen) atoms. The molecule has 3 heteroatoms. The van der Waals surface area contributed by atoms with Crippen molar-refractivity contribution in [2.45, 2.75) is 13.3 Å². The Hall–Kier alpha value is -1.64. The van der Waals surface area contributed by atoms with E-state index in [-0.39, 0.29) is 0 Å². The van der Waals surface area contributed by atoms with Crippen LogP contribution in [0.5, 0.6) is 0 Å². The first-order valence-corrected chi connectivity index (χ1v) is 4.08. The highest BCUT2D eigenvalue weighted by atomic mass is 16.4. The molecule has 1 aromatic rings. The molecule has 0 aromatic carbocycles. The SMILES string of the molecule is CC/C(=C\c1cccnc1)C(=O)O. The molecule has 68 valence electrons. The third-order valence-electron chi connectivity index (χ3n) is 1.68. The van der Waals surface area contributed by atoms with E-state index in [4.69, 9.17) is 5.11 Å². The second kappa shape index (κ2) is 4.40. The lowest BCUT2D eigenvalue weighted by molar-refractivity contribution is -0.132. The van der Waals surface area contributed by atoms with Crippen molar-refractivity contribution in [2.24, 2.45) is 0 Å². The predicted molar refractivity (Wildman–Crippen MR) is 50.1 cm³/mol. The van der Waals surface area contributed by atoms with Crippen molar-refractivity contribution in [3.63, 3.8) is 0 Å². The average Bonchev–Trinajstić information content (AvgIpc) is 2.15. The molecule has 0 spiro atoms. The van der Waals surface area contributed by atoms with Crippen molar-refractivity contribution >= 4 is 12.0 Å². The Morgan fingerprint density at radius 1 is 1.69 bits per heavy atom. The molecule has 1 heterocycles. The number of aromatic nitrogens is 1. The monoisotopic (exact) mass is 177 g/mol. The van der Waals surface area contributed by atoms with Crippen LogP contribution in [0.3, 0.4) is 0 Å². The van der Waals surface area contributed by atoms with Gasteiger partial charge in [-0.2, -0.15) is 0 Å². The number of nitrogens with zero attached hydrogens (tertiary/aromatic N) is 1. The number of rotatable bonds is 3. The second-order valence-corrected chi connectivity index (χ2v) is 2.61. The van der Waals surface area contributed by atoms with Crippen LogP contribution in [0.15, 0.2) is 30.1 Å². The summed E-state index contributed by atoms with van der Waals surface area (Å²) in [6.45, 7) is 1.82. The third-order valence-corrected chi connectivity index (χ3v) is 1.68. The van der Waals surface area contributed by atoms with Gasteiger partial charge in [-0.15, -0.1) is 0 Å². The summed E-state index contributed by atoms with van der Waals surface area (Å²) in [6, 6.07) is 3.60. The highest BCUT2D eigenvalue weighted by Crippen LogP contribution is 2.08. The zero-order chi connectivity index (χ0) is 9.68. The van der Waals surface area contributed by atoms with E-state index in [2.05, 4.69) is 4.98 Å². The summed E-state index contributed by atoms with van der Waals surface area (Å²) in [6.07, 6.45) is 5.45. The maximum Gasteiger partial charge on any atom is 0.331 e. The Labute approximate surface area is 76.7 Å². The van der Waals surface area contributed by atoms with E-state index >= 15 is 0 Å². The van der Waals surface area contributed by atoms with Crippen LogP contribution >= 0.6 is 0 Å². The van der Waals surface area contributed by atoms with Crippen LogP contribution in [-0.2, 0) is 4.79 Å². The van der Waals surface area contributed by atoms with E-state index in [0.29, 0.717) is 12.0 Å². The topological polar surface area (TPSA) is 50.2 Å². The number of hydrogen-bond acceptors (Lipinski definition) is 2. The molecule has 1 rings (SSSR count). The maximum atomic E-state index is 10.6.